The molecule has 1 aromatic rings. The van der Waals surface area contributed by atoms with Gasteiger partial charge in [-0.3, -0.25) is 14.9 Å². The van der Waals surface area contributed by atoms with Crippen LogP contribution in [0.3, 0.4) is 0 Å². The Labute approximate surface area is 172 Å². The number of hydrogen-bond acceptors (Lipinski definition) is 5. The van der Waals surface area contributed by atoms with E-state index in [1.54, 1.807) is 9.80 Å². The summed E-state index contributed by atoms with van der Waals surface area (Å²) in [6.07, 6.45) is -1.49. The van der Waals surface area contributed by atoms with Crippen LogP contribution in [0.4, 0.5) is 24.5 Å². The van der Waals surface area contributed by atoms with Crippen LogP contribution in [0.15, 0.2) is 18.2 Å². The lowest BCUT2D eigenvalue weighted by Gasteiger charge is -2.37. The van der Waals surface area contributed by atoms with Crippen molar-refractivity contribution in [3.05, 3.63) is 33.9 Å². The van der Waals surface area contributed by atoms with Crippen LogP contribution >= 0.6 is 12.2 Å². The fourth-order valence-corrected chi connectivity index (χ4v) is 3.36. The number of piperazine rings is 1. The first-order valence-corrected chi connectivity index (χ1v) is 9.73. The number of thiocarbonyl (C=S) groups is 1. The summed E-state index contributed by atoms with van der Waals surface area (Å²) >= 11 is 5.25. The van der Waals surface area contributed by atoms with Crippen molar-refractivity contribution in [2.75, 3.05) is 31.1 Å². The van der Waals surface area contributed by atoms with E-state index in [2.05, 4.69) is 5.32 Å². The summed E-state index contributed by atoms with van der Waals surface area (Å²) in [6, 6.07) is 2.53. The van der Waals surface area contributed by atoms with E-state index in [0.717, 1.165) is 31.4 Å². The van der Waals surface area contributed by atoms with Crippen molar-refractivity contribution in [2.24, 2.45) is 0 Å². The molecule has 0 saturated carbocycles. The van der Waals surface area contributed by atoms with Crippen LogP contribution < -0.4 is 10.2 Å². The van der Waals surface area contributed by atoms with Gasteiger partial charge >= 0.3 is 6.18 Å². The summed E-state index contributed by atoms with van der Waals surface area (Å²) in [6.45, 7) is 3.50. The summed E-state index contributed by atoms with van der Waals surface area (Å²) in [5, 5.41) is 14.3. The molecule has 0 spiro atoms. The number of halogens is 3. The molecule has 1 saturated heterocycles. The van der Waals surface area contributed by atoms with Crippen LogP contribution in [0.5, 0.6) is 0 Å². The Kier molecular flexibility index (Phi) is 7.77. The number of anilines is 1. The standard InChI is InChI=1S/C18H23F3N4O3S/c1-2-3-4-5-16(26)22-17(29)24-10-8-23(9-11-24)14-7-6-13(18(19,20)21)12-15(14)25(27)28/h6-7,12H,2-5,8-11H2,1H3,(H,22,26,29). The number of carbonyl (C=O) groups excluding carboxylic acids is 1. The highest BCUT2D eigenvalue weighted by atomic mass is 32.1. The third kappa shape index (κ3) is 6.28. The molecule has 1 aromatic carbocycles. The molecule has 1 heterocycles. The van der Waals surface area contributed by atoms with Gasteiger partial charge in [0.25, 0.3) is 5.69 Å². The summed E-state index contributed by atoms with van der Waals surface area (Å²) in [5.74, 6) is -0.149. The summed E-state index contributed by atoms with van der Waals surface area (Å²) < 4.78 is 38.6. The number of alkyl halides is 3. The number of unbranched alkanes of at least 4 members (excludes halogenated alkanes) is 2. The number of nitrogens with zero attached hydrogens (tertiary/aromatic N) is 3. The van der Waals surface area contributed by atoms with E-state index in [9.17, 15) is 28.1 Å². The third-order valence-corrected chi connectivity index (χ3v) is 5.02. The molecule has 0 bridgehead atoms. The minimum Gasteiger partial charge on any atom is -0.362 e. The molecule has 1 N–H and O–H groups in total. The third-order valence-electron chi connectivity index (χ3n) is 4.66. The average molecular weight is 432 g/mol. The van der Waals surface area contributed by atoms with Gasteiger partial charge in [-0.15, -0.1) is 0 Å². The molecule has 0 aromatic heterocycles. The monoisotopic (exact) mass is 432 g/mol. The fourth-order valence-electron chi connectivity index (χ4n) is 3.06. The van der Waals surface area contributed by atoms with E-state index in [0.29, 0.717) is 43.8 Å². The van der Waals surface area contributed by atoms with E-state index >= 15 is 0 Å². The van der Waals surface area contributed by atoms with Crippen molar-refractivity contribution in [1.82, 2.24) is 10.2 Å². The maximum atomic E-state index is 12.9. The zero-order chi connectivity index (χ0) is 21.6. The van der Waals surface area contributed by atoms with Gasteiger partial charge in [0, 0.05) is 38.7 Å². The van der Waals surface area contributed by atoms with E-state index in [-0.39, 0.29) is 11.6 Å². The van der Waals surface area contributed by atoms with Gasteiger partial charge in [-0.25, -0.2) is 0 Å². The number of carbonyl (C=O) groups is 1. The Morgan fingerprint density at radius 3 is 2.45 bits per heavy atom. The zero-order valence-electron chi connectivity index (χ0n) is 16.0. The molecule has 0 aliphatic carbocycles. The second kappa shape index (κ2) is 9.86. The molecule has 1 aliphatic heterocycles. The highest BCUT2D eigenvalue weighted by Crippen LogP contribution is 2.36. The molecule has 11 heteroatoms. The predicted molar refractivity (Wildman–Crippen MR) is 107 cm³/mol. The molecular weight excluding hydrogens is 409 g/mol. The van der Waals surface area contributed by atoms with Gasteiger partial charge in [0.1, 0.15) is 5.69 Å². The highest BCUT2D eigenvalue weighted by molar-refractivity contribution is 7.80. The highest BCUT2D eigenvalue weighted by Gasteiger charge is 2.34. The number of amides is 1. The van der Waals surface area contributed by atoms with Gasteiger partial charge in [0.2, 0.25) is 5.91 Å². The van der Waals surface area contributed by atoms with E-state index < -0.39 is 22.4 Å². The Bertz CT molecular complexity index is 765. The van der Waals surface area contributed by atoms with E-state index in [1.807, 2.05) is 6.92 Å². The lowest BCUT2D eigenvalue weighted by molar-refractivity contribution is -0.384. The first kappa shape index (κ1) is 22.9. The largest absolute Gasteiger partial charge is 0.416 e. The minimum atomic E-state index is -4.65. The van der Waals surface area contributed by atoms with Crippen molar-refractivity contribution in [2.45, 2.75) is 38.8 Å². The first-order chi connectivity index (χ1) is 13.6. The predicted octanol–water partition coefficient (Wildman–Crippen LogP) is 3.72. The van der Waals surface area contributed by atoms with Crippen LogP contribution in [0, 0.1) is 10.1 Å². The van der Waals surface area contributed by atoms with Crippen molar-refractivity contribution in [3.63, 3.8) is 0 Å². The minimum absolute atomic E-state index is 0.136. The topological polar surface area (TPSA) is 78.7 Å². The average Bonchev–Trinajstić information content (AvgIpc) is 2.67. The normalized spacial score (nSPS) is 14.6. The smallest absolute Gasteiger partial charge is 0.362 e. The molecule has 0 unspecified atom stereocenters. The number of nitrogens with one attached hydrogen (secondary N) is 1. The number of nitro benzene ring substituents is 1. The number of rotatable bonds is 6. The molecule has 1 amide bonds. The van der Waals surface area contributed by atoms with Gasteiger partial charge in [-0.1, -0.05) is 19.8 Å². The molecule has 0 radical (unpaired) electrons. The second-order valence-corrected chi connectivity index (χ2v) is 7.13. The second-order valence-electron chi connectivity index (χ2n) is 6.74. The van der Waals surface area contributed by atoms with Crippen LogP contribution in [-0.2, 0) is 11.0 Å². The molecule has 29 heavy (non-hydrogen) atoms. The Morgan fingerprint density at radius 1 is 1.24 bits per heavy atom. The maximum Gasteiger partial charge on any atom is 0.416 e. The van der Waals surface area contributed by atoms with E-state index in [1.165, 1.54) is 0 Å². The maximum absolute atomic E-state index is 12.9. The number of nitro groups is 1. The van der Waals surface area contributed by atoms with Crippen molar-refractivity contribution in [3.8, 4) is 0 Å². The Morgan fingerprint density at radius 2 is 1.90 bits per heavy atom. The van der Waals surface area contributed by atoms with Crippen molar-refractivity contribution in [1.29, 1.82) is 0 Å². The van der Waals surface area contributed by atoms with Gasteiger partial charge in [-0.2, -0.15) is 13.2 Å². The van der Waals surface area contributed by atoms with Crippen LogP contribution in [-0.4, -0.2) is 47.0 Å². The van der Waals surface area contributed by atoms with Crippen LogP contribution in [0.2, 0.25) is 0 Å². The Hall–Kier alpha value is -2.43. The molecule has 1 fully saturated rings. The summed E-state index contributed by atoms with van der Waals surface area (Å²) in [4.78, 5) is 25.8. The zero-order valence-corrected chi connectivity index (χ0v) is 16.8. The number of hydrogen-bond donors (Lipinski definition) is 1. The summed E-state index contributed by atoms with van der Waals surface area (Å²) in [5.41, 5.74) is -1.50. The SMILES string of the molecule is CCCCCC(=O)NC(=S)N1CCN(c2ccc(C(F)(F)F)cc2[N+](=O)[O-])CC1. The fraction of sp³-hybridized carbons (Fsp3) is 0.556. The van der Waals surface area contributed by atoms with Gasteiger partial charge in [0.15, 0.2) is 5.11 Å². The van der Waals surface area contributed by atoms with Crippen LogP contribution in [0.1, 0.15) is 38.2 Å². The summed E-state index contributed by atoms with van der Waals surface area (Å²) in [7, 11) is 0. The van der Waals surface area contributed by atoms with Gasteiger partial charge in [0.05, 0.1) is 10.5 Å². The quantitative estimate of drug-likeness (QED) is 0.320. The molecule has 7 nitrogen and oxygen atoms in total. The van der Waals surface area contributed by atoms with Crippen LogP contribution in [0.25, 0.3) is 0 Å². The molecule has 0 atom stereocenters. The number of benzene rings is 1. The molecular formula is C18H23F3N4O3S. The molecule has 160 valence electrons. The Balaban J connectivity index is 1.99. The van der Waals surface area contributed by atoms with Gasteiger partial charge in [-0.05, 0) is 30.8 Å². The lowest BCUT2D eigenvalue weighted by atomic mass is 10.1. The first-order valence-electron chi connectivity index (χ1n) is 9.32. The van der Waals surface area contributed by atoms with Gasteiger partial charge < -0.3 is 15.1 Å². The van der Waals surface area contributed by atoms with Crippen molar-refractivity contribution >= 4 is 34.6 Å². The molecule has 1 aliphatic rings. The lowest BCUT2D eigenvalue weighted by Crippen LogP contribution is -2.52. The van der Waals surface area contributed by atoms with E-state index in [4.69, 9.17) is 12.2 Å². The molecule has 2 rings (SSSR count). The van der Waals surface area contributed by atoms with Crippen molar-refractivity contribution < 1.29 is 22.9 Å².